The van der Waals surface area contributed by atoms with Crippen LogP contribution >= 0.6 is 0 Å². The van der Waals surface area contributed by atoms with E-state index in [0.29, 0.717) is 6.54 Å². The molecule has 0 fully saturated rings. The molecule has 2 aromatic carbocycles. The first-order valence-corrected chi connectivity index (χ1v) is 9.21. The molecule has 0 saturated heterocycles. The largest absolute Gasteiger partial charge is 0.361 e. The molecule has 0 bridgehead atoms. The summed E-state index contributed by atoms with van der Waals surface area (Å²) in [7, 11) is 0. The van der Waals surface area contributed by atoms with Gasteiger partial charge in [-0.15, -0.1) is 0 Å². The van der Waals surface area contributed by atoms with Crippen molar-refractivity contribution in [3.05, 3.63) is 71.9 Å². The summed E-state index contributed by atoms with van der Waals surface area (Å²) in [5.41, 5.74) is 3.21. The second kappa shape index (κ2) is 9.00. The summed E-state index contributed by atoms with van der Waals surface area (Å²) < 4.78 is 0. The Morgan fingerprint density at radius 3 is 2.59 bits per heavy atom. The molecule has 3 aromatic rings. The number of quaternary nitrogens is 1. The van der Waals surface area contributed by atoms with Crippen molar-refractivity contribution in [2.45, 2.75) is 19.4 Å². The van der Waals surface area contributed by atoms with Gasteiger partial charge in [0.05, 0.1) is 6.54 Å². The Balaban J connectivity index is 1.68. The Bertz CT molecular complexity index is 905. The zero-order chi connectivity index (χ0) is 19.1. The van der Waals surface area contributed by atoms with E-state index in [9.17, 15) is 9.59 Å². The third-order valence-electron chi connectivity index (χ3n) is 4.51. The van der Waals surface area contributed by atoms with E-state index in [1.54, 1.807) is 0 Å². The van der Waals surface area contributed by atoms with E-state index in [-0.39, 0.29) is 5.91 Å². The van der Waals surface area contributed by atoms with E-state index >= 15 is 0 Å². The average Bonchev–Trinajstić information content (AvgIpc) is 3.09. The van der Waals surface area contributed by atoms with Gasteiger partial charge in [0.15, 0.2) is 6.04 Å². The molecule has 27 heavy (non-hydrogen) atoms. The number of nitrogens with one attached hydrogen (secondary N) is 3. The van der Waals surface area contributed by atoms with E-state index in [0.717, 1.165) is 24.0 Å². The number of carbonyl (C=O) groups is 2. The van der Waals surface area contributed by atoms with Crippen molar-refractivity contribution >= 4 is 22.8 Å². The van der Waals surface area contributed by atoms with Gasteiger partial charge in [-0.3, -0.25) is 10.1 Å². The van der Waals surface area contributed by atoms with Crippen LogP contribution < -0.4 is 16.0 Å². The number of rotatable bonds is 7. The fraction of sp³-hybridized carbons (Fsp3) is 0.238. The lowest BCUT2D eigenvalue weighted by Crippen LogP contribution is -2.88. The van der Waals surface area contributed by atoms with Gasteiger partial charge >= 0.3 is 6.03 Å². The molecule has 1 atom stereocenters. The lowest BCUT2D eigenvalue weighted by atomic mass is 10.1. The number of amides is 3. The number of nitrogens with two attached hydrogens (primary N) is 1. The van der Waals surface area contributed by atoms with Gasteiger partial charge in [0.2, 0.25) is 0 Å². The Kier molecular flexibility index (Phi) is 6.22. The Hall–Kier alpha value is -3.12. The second-order valence-electron chi connectivity index (χ2n) is 6.37. The molecule has 140 valence electrons. The second-order valence-corrected chi connectivity index (χ2v) is 6.37. The van der Waals surface area contributed by atoms with Crippen LogP contribution in [0.4, 0.5) is 4.79 Å². The van der Waals surface area contributed by atoms with Crippen molar-refractivity contribution in [3.63, 3.8) is 0 Å². The number of urea groups is 1. The average molecular weight is 365 g/mol. The van der Waals surface area contributed by atoms with Crippen molar-refractivity contribution in [2.75, 3.05) is 13.1 Å². The number of hydrogen-bond donors (Lipinski definition) is 4. The molecular formula is C21H25N4O2+. The van der Waals surface area contributed by atoms with Crippen LogP contribution in [0.25, 0.3) is 10.9 Å². The highest BCUT2D eigenvalue weighted by Crippen LogP contribution is 2.17. The topological polar surface area (TPSA) is 90.6 Å². The van der Waals surface area contributed by atoms with E-state index in [1.807, 2.05) is 60.9 Å². The number of carbonyl (C=O) groups excluding carboxylic acids is 2. The van der Waals surface area contributed by atoms with E-state index in [2.05, 4.69) is 27.8 Å². The van der Waals surface area contributed by atoms with Gasteiger partial charge in [-0.2, -0.15) is 0 Å². The maximum atomic E-state index is 12.6. The summed E-state index contributed by atoms with van der Waals surface area (Å²) in [5.74, 6) is -0.314. The van der Waals surface area contributed by atoms with Crippen molar-refractivity contribution in [1.29, 1.82) is 0 Å². The Labute approximate surface area is 158 Å². The number of hydrogen-bond acceptors (Lipinski definition) is 2. The number of fused-ring (bicyclic) bond motifs is 1. The van der Waals surface area contributed by atoms with Gasteiger partial charge in [-0.1, -0.05) is 48.5 Å². The van der Waals surface area contributed by atoms with Gasteiger partial charge in [-0.05, 0) is 18.6 Å². The summed E-state index contributed by atoms with van der Waals surface area (Å²) in [6.45, 7) is 3.01. The predicted molar refractivity (Wildman–Crippen MR) is 105 cm³/mol. The lowest BCUT2D eigenvalue weighted by Gasteiger charge is -2.15. The molecule has 0 unspecified atom stereocenters. The standard InChI is InChI=1S/C21H24N4O2/c1-2-22-21(27)25-20(26)19(15-8-4-3-5-9-15)23-13-12-16-14-24-18-11-7-6-10-17(16)18/h3-11,14,19,23-24H,2,12-13H2,1H3,(H2,22,25,26,27)/p+1/t19-/m0/s1. The van der Waals surface area contributed by atoms with Crippen molar-refractivity contribution in [3.8, 4) is 0 Å². The number of aromatic nitrogens is 1. The third-order valence-corrected chi connectivity index (χ3v) is 4.51. The van der Waals surface area contributed by atoms with E-state index < -0.39 is 12.1 Å². The highest BCUT2D eigenvalue weighted by molar-refractivity contribution is 5.96. The third kappa shape index (κ3) is 4.74. The highest BCUT2D eigenvalue weighted by atomic mass is 16.2. The minimum absolute atomic E-state index is 0.314. The molecule has 6 heteroatoms. The number of imide groups is 1. The van der Waals surface area contributed by atoms with Crippen LogP contribution in [0.3, 0.4) is 0 Å². The van der Waals surface area contributed by atoms with Crippen molar-refractivity contribution in [2.24, 2.45) is 0 Å². The first kappa shape index (κ1) is 18.7. The fourth-order valence-electron chi connectivity index (χ4n) is 3.19. The Morgan fingerprint density at radius 2 is 1.81 bits per heavy atom. The van der Waals surface area contributed by atoms with Crippen LogP contribution in [0.2, 0.25) is 0 Å². The van der Waals surface area contributed by atoms with Crippen LogP contribution in [0.5, 0.6) is 0 Å². The summed E-state index contributed by atoms with van der Waals surface area (Å²) in [4.78, 5) is 27.6. The van der Waals surface area contributed by atoms with Crippen LogP contribution in [-0.4, -0.2) is 30.0 Å². The highest BCUT2D eigenvalue weighted by Gasteiger charge is 2.25. The van der Waals surface area contributed by atoms with E-state index in [4.69, 9.17) is 0 Å². The van der Waals surface area contributed by atoms with E-state index in [1.165, 1.54) is 10.9 Å². The molecule has 1 heterocycles. The summed E-state index contributed by atoms with van der Waals surface area (Å²) >= 11 is 0. The van der Waals surface area contributed by atoms with Crippen LogP contribution in [0, 0.1) is 0 Å². The maximum absolute atomic E-state index is 12.6. The number of aromatic amines is 1. The molecule has 5 N–H and O–H groups in total. The molecule has 1 aromatic heterocycles. The zero-order valence-electron chi connectivity index (χ0n) is 15.4. The molecule has 0 aliphatic carbocycles. The molecule has 0 spiro atoms. The summed E-state index contributed by atoms with van der Waals surface area (Å²) in [5, 5.41) is 8.20. The quantitative estimate of drug-likeness (QED) is 0.515. The molecule has 6 nitrogen and oxygen atoms in total. The number of benzene rings is 2. The van der Waals surface area contributed by atoms with Gasteiger partial charge < -0.3 is 15.6 Å². The van der Waals surface area contributed by atoms with Gasteiger partial charge in [0.25, 0.3) is 5.91 Å². The molecule has 0 aliphatic rings. The molecule has 0 radical (unpaired) electrons. The first-order chi connectivity index (χ1) is 13.2. The summed E-state index contributed by atoms with van der Waals surface area (Å²) in [6, 6.07) is 16.8. The van der Waals surface area contributed by atoms with Crippen LogP contribution in [0.1, 0.15) is 24.1 Å². The summed E-state index contributed by atoms with van der Waals surface area (Å²) in [6.07, 6.45) is 2.84. The first-order valence-electron chi connectivity index (χ1n) is 9.21. The number of H-pyrrole nitrogens is 1. The smallest absolute Gasteiger partial charge is 0.321 e. The minimum Gasteiger partial charge on any atom is -0.361 e. The predicted octanol–water partition coefficient (Wildman–Crippen LogP) is 1.86. The van der Waals surface area contributed by atoms with Crippen molar-refractivity contribution in [1.82, 2.24) is 15.6 Å². The zero-order valence-corrected chi connectivity index (χ0v) is 15.4. The molecule has 0 saturated carbocycles. The van der Waals surface area contributed by atoms with Crippen LogP contribution in [-0.2, 0) is 11.2 Å². The minimum atomic E-state index is -0.473. The monoisotopic (exact) mass is 365 g/mol. The molecular weight excluding hydrogens is 340 g/mol. The lowest BCUT2D eigenvalue weighted by molar-refractivity contribution is -0.682. The maximum Gasteiger partial charge on any atom is 0.321 e. The molecule has 0 aliphatic heterocycles. The van der Waals surface area contributed by atoms with Gasteiger partial charge in [-0.25, -0.2) is 4.79 Å². The number of para-hydroxylation sites is 1. The molecule has 3 rings (SSSR count). The SMILES string of the molecule is CCNC(=O)NC(=O)[C@@H]([NH2+]CCc1c[nH]c2ccccc12)c1ccccc1. The Morgan fingerprint density at radius 1 is 1.07 bits per heavy atom. The van der Waals surface area contributed by atoms with Crippen molar-refractivity contribution < 1.29 is 14.9 Å². The van der Waals surface area contributed by atoms with Gasteiger partial charge in [0.1, 0.15) is 0 Å². The fourth-order valence-corrected chi connectivity index (χ4v) is 3.19. The normalized spacial score (nSPS) is 11.9. The molecule has 3 amide bonds. The van der Waals surface area contributed by atoms with Crippen LogP contribution in [0.15, 0.2) is 60.8 Å². The van der Waals surface area contributed by atoms with Gasteiger partial charge in [0, 0.05) is 35.6 Å².